The topological polar surface area (TPSA) is 18.5 Å². The molecule has 1 aromatic rings. The van der Waals surface area contributed by atoms with Gasteiger partial charge in [-0.2, -0.15) is 0 Å². The van der Waals surface area contributed by atoms with Crippen molar-refractivity contribution in [3.05, 3.63) is 30.3 Å². The second-order valence-corrected chi connectivity index (χ2v) is 4.12. The first kappa shape index (κ1) is 12.1. The number of rotatable bonds is 6. The summed E-state index contributed by atoms with van der Waals surface area (Å²) >= 11 is 0. The standard InChI is InChI=1S/C13H20O2/c1-4-13(2,3)15-11-10-14-12-8-6-5-7-9-12/h5-9H,4,10-11H2,1-3H3. The van der Waals surface area contributed by atoms with Crippen molar-refractivity contribution >= 4 is 0 Å². The van der Waals surface area contributed by atoms with Gasteiger partial charge in [0.1, 0.15) is 12.4 Å². The smallest absolute Gasteiger partial charge is 0.119 e. The maximum atomic E-state index is 5.68. The summed E-state index contributed by atoms with van der Waals surface area (Å²) in [6.45, 7) is 7.55. The lowest BCUT2D eigenvalue weighted by Gasteiger charge is -2.23. The Morgan fingerprint density at radius 1 is 1.07 bits per heavy atom. The molecule has 1 aromatic carbocycles. The molecule has 0 saturated carbocycles. The number of para-hydroxylation sites is 1. The quantitative estimate of drug-likeness (QED) is 0.668. The molecule has 0 spiro atoms. The van der Waals surface area contributed by atoms with Gasteiger partial charge in [-0.05, 0) is 32.4 Å². The van der Waals surface area contributed by atoms with Crippen LogP contribution >= 0.6 is 0 Å². The minimum Gasteiger partial charge on any atom is -0.491 e. The van der Waals surface area contributed by atoms with Crippen LogP contribution in [0, 0.1) is 0 Å². The van der Waals surface area contributed by atoms with E-state index in [1.165, 1.54) is 0 Å². The number of benzene rings is 1. The van der Waals surface area contributed by atoms with Gasteiger partial charge in [-0.1, -0.05) is 25.1 Å². The Morgan fingerprint density at radius 3 is 2.33 bits per heavy atom. The molecular weight excluding hydrogens is 188 g/mol. The fourth-order valence-electron chi connectivity index (χ4n) is 1.10. The Morgan fingerprint density at radius 2 is 1.73 bits per heavy atom. The Kier molecular flexibility index (Phi) is 4.63. The van der Waals surface area contributed by atoms with Gasteiger partial charge in [0.25, 0.3) is 0 Å². The van der Waals surface area contributed by atoms with E-state index in [2.05, 4.69) is 20.8 Å². The number of hydrogen-bond donors (Lipinski definition) is 0. The normalized spacial score (nSPS) is 11.4. The molecule has 0 atom stereocenters. The fourth-order valence-corrected chi connectivity index (χ4v) is 1.10. The third-order valence-electron chi connectivity index (χ3n) is 2.44. The van der Waals surface area contributed by atoms with Gasteiger partial charge in [-0.15, -0.1) is 0 Å². The average molecular weight is 208 g/mol. The van der Waals surface area contributed by atoms with Gasteiger partial charge in [0.2, 0.25) is 0 Å². The van der Waals surface area contributed by atoms with Crippen LogP contribution in [0.1, 0.15) is 27.2 Å². The number of ether oxygens (including phenoxy) is 2. The highest BCUT2D eigenvalue weighted by Crippen LogP contribution is 2.13. The van der Waals surface area contributed by atoms with Gasteiger partial charge in [0.05, 0.1) is 12.2 Å². The van der Waals surface area contributed by atoms with Crippen LogP contribution in [0.4, 0.5) is 0 Å². The van der Waals surface area contributed by atoms with E-state index in [0.717, 1.165) is 12.2 Å². The lowest BCUT2D eigenvalue weighted by molar-refractivity contribution is -0.0317. The Hall–Kier alpha value is -1.02. The van der Waals surface area contributed by atoms with Crippen molar-refractivity contribution in [2.24, 2.45) is 0 Å². The van der Waals surface area contributed by atoms with Crippen LogP contribution in [0.5, 0.6) is 5.75 Å². The summed E-state index contributed by atoms with van der Waals surface area (Å²) < 4.78 is 11.2. The molecule has 15 heavy (non-hydrogen) atoms. The summed E-state index contributed by atoms with van der Waals surface area (Å²) in [6.07, 6.45) is 1.01. The van der Waals surface area contributed by atoms with Crippen molar-refractivity contribution in [1.82, 2.24) is 0 Å². The first-order chi connectivity index (χ1) is 7.14. The summed E-state index contributed by atoms with van der Waals surface area (Å²) in [7, 11) is 0. The highest BCUT2D eigenvalue weighted by atomic mass is 16.5. The second kappa shape index (κ2) is 5.76. The molecule has 1 rings (SSSR count). The van der Waals surface area contributed by atoms with E-state index >= 15 is 0 Å². The molecule has 0 unspecified atom stereocenters. The molecule has 0 aliphatic carbocycles. The van der Waals surface area contributed by atoms with Crippen molar-refractivity contribution in [2.75, 3.05) is 13.2 Å². The van der Waals surface area contributed by atoms with Gasteiger partial charge in [-0.3, -0.25) is 0 Å². The summed E-state index contributed by atoms with van der Waals surface area (Å²) in [5.41, 5.74) is -0.0416. The van der Waals surface area contributed by atoms with Crippen LogP contribution in [-0.4, -0.2) is 18.8 Å². The maximum Gasteiger partial charge on any atom is 0.119 e. The summed E-state index contributed by atoms with van der Waals surface area (Å²) in [4.78, 5) is 0. The lowest BCUT2D eigenvalue weighted by Crippen LogP contribution is -2.25. The molecule has 0 aliphatic heterocycles. The van der Waals surface area contributed by atoms with Crippen LogP contribution < -0.4 is 4.74 Å². The second-order valence-electron chi connectivity index (χ2n) is 4.12. The zero-order chi connectivity index (χ0) is 11.1. The Bertz CT molecular complexity index is 267. The average Bonchev–Trinajstić information content (AvgIpc) is 2.26. The minimum atomic E-state index is -0.0416. The fraction of sp³-hybridized carbons (Fsp3) is 0.538. The third-order valence-corrected chi connectivity index (χ3v) is 2.44. The summed E-state index contributed by atoms with van der Waals surface area (Å²) in [5, 5.41) is 0. The van der Waals surface area contributed by atoms with Gasteiger partial charge < -0.3 is 9.47 Å². The molecule has 0 heterocycles. The molecule has 0 fully saturated rings. The van der Waals surface area contributed by atoms with Crippen molar-refractivity contribution in [1.29, 1.82) is 0 Å². The largest absolute Gasteiger partial charge is 0.491 e. The molecule has 0 bridgehead atoms. The van der Waals surface area contributed by atoms with E-state index in [1.807, 2.05) is 30.3 Å². The lowest BCUT2D eigenvalue weighted by atomic mass is 10.1. The SMILES string of the molecule is CCC(C)(C)OCCOc1ccccc1. The van der Waals surface area contributed by atoms with Crippen LogP contribution in [0.3, 0.4) is 0 Å². The first-order valence-corrected chi connectivity index (χ1v) is 5.46. The highest BCUT2D eigenvalue weighted by molar-refractivity contribution is 5.20. The first-order valence-electron chi connectivity index (χ1n) is 5.46. The van der Waals surface area contributed by atoms with Gasteiger partial charge in [0, 0.05) is 0 Å². The van der Waals surface area contributed by atoms with E-state index in [1.54, 1.807) is 0 Å². The van der Waals surface area contributed by atoms with E-state index in [4.69, 9.17) is 9.47 Å². The zero-order valence-electron chi connectivity index (χ0n) is 9.82. The predicted octanol–water partition coefficient (Wildman–Crippen LogP) is 3.27. The van der Waals surface area contributed by atoms with Gasteiger partial charge in [-0.25, -0.2) is 0 Å². The molecule has 0 N–H and O–H groups in total. The Balaban J connectivity index is 2.18. The van der Waals surface area contributed by atoms with Crippen LogP contribution in [0.15, 0.2) is 30.3 Å². The number of hydrogen-bond acceptors (Lipinski definition) is 2. The van der Waals surface area contributed by atoms with E-state index in [9.17, 15) is 0 Å². The zero-order valence-corrected chi connectivity index (χ0v) is 9.82. The monoisotopic (exact) mass is 208 g/mol. The maximum absolute atomic E-state index is 5.68. The molecular formula is C13H20O2. The summed E-state index contributed by atoms with van der Waals surface area (Å²) in [6, 6.07) is 9.80. The molecule has 0 aromatic heterocycles. The molecule has 0 saturated heterocycles. The van der Waals surface area contributed by atoms with Gasteiger partial charge >= 0.3 is 0 Å². The molecule has 0 amide bonds. The van der Waals surface area contributed by atoms with Crippen molar-refractivity contribution in [2.45, 2.75) is 32.8 Å². The van der Waals surface area contributed by atoms with Crippen molar-refractivity contribution in [3.63, 3.8) is 0 Å². The highest BCUT2D eigenvalue weighted by Gasteiger charge is 2.14. The predicted molar refractivity (Wildman–Crippen MR) is 62.3 cm³/mol. The molecule has 0 radical (unpaired) electrons. The van der Waals surface area contributed by atoms with E-state index in [-0.39, 0.29) is 5.60 Å². The molecule has 0 aliphatic rings. The van der Waals surface area contributed by atoms with Crippen molar-refractivity contribution in [3.8, 4) is 5.75 Å². The molecule has 84 valence electrons. The summed E-state index contributed by atoms with van der Waals surface area (Å²) in [5.74, 6) is 0.899. The van der Waals surface area contributed by atoms with Crippen LogP contribution in [0.2, 0.25) is 0 Å². The van der Waals surface area contributed by atoms with Crippen molar-refractivity contribution < 1.29 is 9.47 Å². The van der Waals surface area contributed by atoms with Gasteiger partial charge in [0.15, 0.2) is 0 Å². The Labute approximate surface area is 92.2 Å². The van der Waals surface area contributed by atoms with E-state index < -0.39 is 0 Å². The molecule has 2 heteroatoms. The minimum absolute atomic E-state index is 0.0416. The van der Waals surface area contributed by atoms with E-state index in [0.29, 0.717) is 13.2 Å². The van der Waals surface area contributed by atoms with Crippen LogP contribution in [0.25, 0.3) is 0 Å². The van der Waals surface area contributed by atoms with Crippen LogP contribution in [-0.2, 0) is 4.74 Å². The molecule has 2 nitrogen and oxygen atoms in total. The third kappa shape index (κ3) is 4.84.